The van der Waals surface area contributed by atoms with Crippen LogP contribution in [0.3, 0.4) is 0 Å². The lowest BCUT2D eigenvalue weighted by molar-refractivity contribution is -0.142. The number of amidine groups is 1. The Morgan fingerprint density at radius 2 is 2.23 bits per heavy atom. The highest BCUT2D eigenvalue weighted by Crippen LogP contribution is 2.40. The molecule has 3 rings (SSSR count). The van der Waals surface area contributed by atoms with Gasteiger partial charge in [0.25, 0.3) is 0 Å². The summed E-state index contributed by atoms with van der Waals surface area (Å²) in [6.45, 7) is 6.12. The Morgan fingerprint density at radius 3 is 2.87 bits per heavy atom. The molecule has 30 heavy (non-hydrogen) atoms. The molecule has 9 atom stereocenters. The minimum absolute atomic E-state index is 0.0173. The quantitative estimate of drug-likeness (QED) is 0.271. The number of likely N-dealkylation sites (tertiary alicyclic amines) is 1. The molecular weight excluding hydrogens is 410 g/mol. The predicted molar refractivity (Wildman–Crippen MR) is 116 cm³/mol. The molecule has 3 aliphatic rings. The molecule has 10 heteroatoms. The van der Waals surface area contributed by atoms with Gasteiger partial charge in [0, 0.05) is 19.0 Å². The highest BCUT2D eigenvalue weighted by atomic mass is 35.5. The van der Waals surface area contributed by atoms with Gasteiger partial charge in [-0.2, -0.15) is 5.10 Å². The van der Waals surface area contributed by atoms with Crippen LogP contribution < -0.4 is 10.7 Å². The smallest absolute Gasteiger partial charge is 0.156 e. The van der Waals surface area contributed by atoms with E-state index in [2.05, 4.69) is 20.8 Å². The maximum absolute atomic E-state index is 11.1. The number of aliphatic imine (C=N–C) groups is 1. The molecule has 2 fully saturated rings. The maximum Gasteiger partial charge on any atom is 0.156 e. The van der Waals surface area contributed by atoms with E-state index in [1.165, 1.54) is 0 Å². The number of hydrazone groups is 1. The third kappa shape index (κ3) is 4.47. The van der Waals surface area contributed by atoms with Gasteiger partial charge in [0.05, 0.1) is 24.5 Å². The van der Waals surface area contributed by atoms with E-state index < -0.39 is 30.1 Å². The Morgan fingerprint density at radius 1 is 1.50 bits per heavy atom. The molecule has 3 heterocycles. The molecule has 0 bridgehead atoms. The van der Waals surface area contributed by atoms with Crippen molar-refractivity contribution >= 4 is 23.8 Å². The average molecular weight is 446 g/mol. The minimum atomic E-state index is -1.58. The monoisotopic (exact) mass is 445 g/mol. The Bertz CT molecular complexity index is 647. The number of aliphatic hydroxyl groups is 3. The molecule has 0 aromatic rings. The molecule has 172 valence electrons. The number of nitrogens with zero attached hydrogens (tertiary/aromatic N) is 3. The number of halogens is 1. The summed E-state index contributed by atoms with van der Waals surface area (Å²) in [5.41, 5.74) is 1.21. The third-order valence-corrected chi connectivity index (χ3v) is 6.97. The lowest BCUT2D eigenvalue weighted by atomic mass is 9.82. The number of ether oxygens (including phenoxy) is 1. The number of hydrogen-bond donors (Lipinski definition) is 5. The van der Waals surface area contributed by atoms with E-state index in [-0.39, 0.29) is 23.4 Å². The van der Waals surface area contributed by atoms with Crippen LogP contribution in [0.2, 0.25) is 0 Å². The first kappa shape index (κ1) is 23.7. The highest BCUT2D eigenvalue weighted by Gasteiger charge is 2.59. The van der Waals surface area contributed by atoms with E-state index in [4.69, 9.17) is 16.3 Å². The molecule has 0 amide bonds. The second-order valence-corrected chi connectivity index (χ2v) is 9.58. The predicted octanol–water partition coefficient (Wildman–Crippen LogP) is 0.430. The molecule has 0 aromatic carbocycles. The summed E-state index contributed by atoms with van der Waals surface area (Å²) in [5.74, 6) is 0.663. The van der Waals surface area contributed by atoms with Crippen LogP contribution in [0.25, 0.3) is 0 Å². The van der Waals surface area contributed by atoms with Gasteiger partial charge in [0.2, 0.25) is 0 Å². The van der Waals surface area contributed by atoms with Gasteiger partial charge in [0.1, 0.15) is 24.0 Å². The maximum atomic E-state index is 11.1. The van der Waals surface area contributed by atoms with Crippen LogP contribution >= 0.6 is 11.6 Å². The standard InChI is InChI=1S/C20H36ClN5O4/c1-5-12(7-6-11(2)21)14(27)16-20(3,29)15(28)19(30-16)26-9-8-13-17(25-22-4)23-10-24-18(13)26/h10-16,18-19,22,27-29H,5-9H2,1-4H3,(H,23,24,25)/t11?,12?,13?,14-,15+,16-,18?,19-,20+/m1/s1. The lowest BCUT2D eigenvalue weighted by Crippen LogP contribution is -2.57. The zero-order valence-corrected chi connectivity index (χ0v) is 19.0. The minimum Gasteiger partial charge on any atom is -0.390 e. The van der Waals surface area contributed by atoms with Crippen molar-refractivity contribution in [2.45, 2.75) is 88.1 Å². The lowest BCUT2D eigenvalue weighted by Gasteiger charge is -2.35. The molecule has 4 unspecified atom stereocenters. The van der Waals surface area contributed by atoms with Gasteiger partial charge in [-0.05, 0) is 39.0 Å². The molecule has 2 saturated heterocycles. The first-order chi connectivity index (χ1) is 14.2. The molecule has 3 aliphatic heterocycles. The van der Waals surface area contributed by atoms with Crippen molar-refractivity contribution in [1.82, 2.24) is 15.6 Å². The molecule has 0 saturated carbocycles. The van der Waals surface area contributed by atoms with E-state index >= 15 is 0 Å². The molecule has 5 N–H and O–H groups in total. The fourth-order valence-corrected chi connectivity index (χ4v) is 5.02. The van der Waals surface area contributed by atoms with Crippen molar-refractivity contribution in [2.24, 2.45) is 21.9 Å². The summed E-state index contributed by atoms with van der Waals surface area (Å²) in [6, 6.07) is 0. The number of aliphatic hydroxyl groups excluding tert-OH is 2. The Labute approximate surface area is 183 Å². The second kappa shape index (κ2) is 9.67. The van der Waals surface area contributed by atoms with Gasteiger partial charge in [0.15, 0.2) is 5.84 Å². The van der Waals surface area contributed by atoms with Gasteiger partial charge >= 0.3 is 0 Å². The highest BCUT2D eigenvalue weighted by molar-refractivity contribution is 6.20. The van der Waals surface area contributed by atoms with Crippen LogP contribution in [0.1, 0.15) is 46.5 Å². The topological polar surface area (TPSA) is 122 Å². The fraction of sp³-hybridized carbons (Fsp3) is 0.900. The van der Waals surface area contributed by atoms with Gasteiger partial charge in [-0.1, -0.05) is 13.3 Å². The zero-order chi connectivity index (χ0) is 22.1. The molecule has 0 radical (unpaired) electrons. The van der Waals surface area contributed by atoms with E-state index in [1.807, 2.05) is 18.7 Å². The van der Waals surface area contributed by atoms with Gasteiger partial charge in [-0.15, -0.1) is 11.6 Å². The summed E-state index contributed by atoms with van der Waals surface area (Å²) in [4.78, 5) is 6.30. The number of fused-ring (bicyclic) bond motifs is 1. The largest absolute Gasteiger partial charge is 0.390 e. The molecule has 0 aromatic heterocycles. The van der Waals surface area contributed by atoms with Crippen LogP contribution in [0.15, 0.2) is 10.1 Å². The molecule has 0 spiro atoms. The van der Waals surface area contributed by atoms with Crippen molar-refractivity contribution in [2.75, 3.05) is 13.6 Å². The van der Waals surface area contributed by atoms with Gasteiger partial charge in [-0.3, -0.25) is 4.90 Å². The first-order valence-corrected chi connectivity index (χ1v) is 11.3. The van der Waals surface area contributed by atoms with Crippen molar-refractivity contribution in [3.05, 3.63) is 0 Å². The summed E-state index contributed by atoms with van der Waals surface area (Å²) in [5, 5.41) is 40.6. The second-order valence-electron chi connectivity index (χ2n) is 8.83. The van der Waals surface area contributed by atoms with Crippen LogP contribution in [0, 0.1) is 11.8 Å². The fourth-order valence-electron chi connectivity index (χ4n) is 4.90. The van der Waals surface area contributed by atoms with Crippen LogP contribution in [0.5, 0.6) is 0 Å². The number of nitrogens with one attached hydrogen (secondary N) is 2. The van der Waals surface area contributed by atoms with Crippen molar-refractivity contribution in [3.63, 3.8) is 0 Å². The third-order valence-electron chi connectivity index (χ3n) is 6.75. The Balaban J connectivity index is 1.75. The molecular formula is C20H36ClN5O4. The van der Waals surface area contributed by atoms with E-state index in [0.717, 1.165) is 25.7 Å². The molecule has 9 nitrogen and oxygen atoms in total. The number of alkyl halides is 1. The Kier molecular flexibility index (Phi) is 7.63. The summed E-state index contributed by atoms with van der Waals surface area (Å²) in [6.07, 6.45) is 0.776. The van der Waals surface area contributed by atoms with Crippen LogP contribution in [-0.4, -0.2) is 87.7 Å². The first-order valence-electron chi connectivity index (χ1n) is 10.9. The van der Waals surface area contributed by atoms with Crippen molar-refractivity contribution in [1.29, 1.82) is 0 Å². The summed E-state index contributed by atoms with van der Waals surface area (Å²) >= 11 is 6.09. The van der Waals surface area contributed by atoms with E-state index in [1.54, 1.807) is 20.3 Å². The number of rotatable bonds is 8. The normalized spacial score (nSPS) is 40.8. The van der Waals surface area contributed by atoms with E-state index in [0.29, 0.717) is 12.4 Å². The summed E-state index contributed by atoms with van der Waals surface area (Å²) < 4.78 is 6.17. The number of hydrogen-bond acceptors (Lipinski definition) is 8. The summed E-state index contributed by atoms with van der Waals surface area (Å²) in [7, 11) is 1.73. The van der Waals surface area contributed by atoms with Crippen molar-refractivity contribution in [3.8, 4) is 0 Å². The average Bonchev–Trinajstić information content (AvgIpc) is 3.22. The van der Waals surface area contributed by atoms with Gasteiger partial charge in [-0.25, -0.2) is 4.99 Å². The van der Waals surface area contributed by atoms with Gasteiger partial charge < -0.3 is 30.8 Å². The van der Waals surface area contributed by atoms with Crippen LogP contribution in [0.4, 0.5) is 0 Å². The van der Waals surface area contributed by atoms with Crippen molar-refractivity contribution < 1.29 is 20.1 Å². The Hall–Kier alpha value is -0.970. The SMILES string of the molecule is CCC(CCC(C)Cl)[C@@H](O)[C@H]1O[C@@H](N2CCC3/C(=N\NC)N=CNC32)[C@H](O)[C@]1(C)O. The molecule has 0 aliphatic carbocycles. The van der Waals surface area contributed by atoms with Crippen LogP contribution in [-0.2, 0) is 4.74 Å². The van der Waals surface area contributed by atoms with E-state index in [9.17, 15) is 15.3 Å². The zero-order valence-electron chi connectivity index (χ0n) is 18.2.